The van der Waals surface area contributed by atoms with E-state index in [1.54, 1.807) is 25.3 Å². The van der Waals surface area contributed by atoms with Crippen molar-refractivity contribution in [2.24, 2.45) is 0 Å². The molecule has 0 atom stereocenters. The Kier molecular flexibility index (Phi) is 6.75. The molecular formula is C27H26O5. The van der Waals surface area contributed by atoms with Gasteiger partial charge in [0.15, 0.2) is 0 Å². The van der Waals surface area contributed by atoms with Gasteiger partial charge in [-0.15, -0.1) is 0 Å². The molecule has 0 aliphatic carbocycles. The fourth-order valence-electron chi connectivity index (χ4n) is 3.78. The maximum absolute atomic E-state index is 12.5. The summed E-state index contributed by atoms with van der Waals surface area (Å²) in [5.41, 5.74) is 2.30. The Balaban J connectivity index is 1.43. The highest BCUT2D eigenvalue weighted by molar-refractivity contribution is 5.85. The first kappa shape index (κ1) is 21.5. The maximum atomic E-state index is 12.5. The van der Waals surface area contributed by atoms with E-state index in [0.29, 0.717) is 35.3 Å². The highest BCUT2D eigenvalue weighted by Gasteiger charge is 2.14. The summed E-state index contributed by atoms with van der Waals surface area (Å²) in [6, 6.07) is 22.9. The predicted octanol–water partition coefficient (Wildman–Crippen LogP) is 5.65. The van der Waals surface area contributed by atoms with Crippen molar-refractivity contribution in [3.63, 3.8) is 0 Å². The quantitative estimate of drug-likeness (QED) is 0.274. The van der Waals surface area contributed by atoms with E-state index in [1.165, 1.54) is 0 Å². The summed E-state index contributed by atoms with van der Waals surface area (Å²) < 4.78 is 16.7. The molecule has 0 bridgehead atoms. The summed E-state index contributed by atoms with van der Waals surface area (Å²) in [5.74, 6) is 1.43. The number of benzene rings is 3. The summed E-state index contributed by atoms with van der Waals surface area (Å²) in [6.07, 6.45) is 2.90. The lowest BCUT2D eigenvalue weighted by Crippen LogP contribution is -2.08. The minimum Gasteiger partial charge on any atom is -0.507 e. The molecule has 1 N–H and O–H groups in total. The van der Waals surface area contributed by atoms with Crippen LogP contribution in [0, 0.1) is 0 Å². The zero-order chi connectivity index (χ0) is 22.3. The van der Waals surface area contributed by atoms with Gasteiger partial charge in [-0.2, -0.15) is 0 Å². The minimum atomic E-state index is -0.507. The third-order valence-electron chi connectivity index (χ3n) is 5.51. The maximum Gasteiger partial charge on any atom is 0.343 e. The van der Waals surface area contributed by atoms with Crippen molar-refractivity contribution in [3.8, 4) is 17.2 Å². The average molecular weight is 431 g/mol. The molecule has 3 aromatic carbocycles. The third-order valence-corrected chi connectivity index (χ3v) is 5.51. The fraction of sp³-hybridized carbons (Fsp3) is 0.222. The second kappa shape index (κ2) is 10.1. The number of hydrogen-bond donors (Lipinski definition) is 1. The lowest BCUT2D eigenvalue weighted by molar-refractivity contribution is 0.306. The zero-order valence-electron chi connectivity index (χ0n) is 18.0. The van der Waals surface area contributed by atoms with Crippen LogP contribution in [0.1, 0.15) is 29.5 Å². The van der Waals surface area contributed by atoms with Crippen molar-refractivity contribution >= 4 is 11.0 Å². The second-order valence-corrected chi connectivity index (χ2v) is 7.67. The van der Waals surface area contributed by atoms with Crippen LogP contribution in [0.2, 0.25) is 0 Å². The van der Waals surface area contributed by atoms with E-state index in [2.05, 4.69) is 0 Å². The van der Waals surface area contributed by atoms with Gasteiger partial charge in [0.25, 0.3) is 0 Å². The van der Waals surface area contributed by atoms with Crippen molar-refractivity contribution in [1.29, 1.82) is 0 Å². The van der Waals surface area contributed by atoms with Gasteiger partial charge in [0.05, 0.1) is 18.1 Å². The van der Waals surface area contributed by atoms with Crippen LogP contribution in [0.15, 0.2) is 82.0 Å². The van der Waals surface area contributed by atoms with Crippen molar-refractivity contribution in [2.45, 2.75) is 32.3 Å². The Hall–Kier alpha value is -3.73. The molecule has 1 heterocycles. The van der Waals surface area contributed by atoms with Gasteiger partial charge in [-0.05, 0) is 55.0 Å². The minimum absolute atomic E-state index is 0.0110. The summed E-state index contributed by atoms with van der Waals surface area (Å²) in [7, 11) is 1.66. The van der Waals surface area contributed by atoms with Crippen LogP contribution in [0.25, 0.3) is 11.0 Å². The van der Waals surface area contributed by atoms with E-state index >= 15 is 0 Å². The van der Waals surface area contributed by atoms with Gasteiger partial charge in [-0.25, -0.2) is 4.79 Å². The Morgan fingerprint density at radius 3 is 2.47 bits per heavy atom. The Labute approximate surface area is 186 Å². The number of unbranched alkanes of at least 4 members (excludes halogenated alkanes) is 1. The van der Waals surface area contributed by atoms with Gasteiger partial charge in [0.1, 0.15) is 29.4 Å². The van der Waals surface area contributed by atoms with Crippen molar-refractivity contribution in [2.75, 3.05) is 7.11 Å². The number of hydrogen-bond acceptors (Lipinski definition) is 5. The monoisotopic (exact) mass is 430 g/mol. The molecule has 5 nitrogen and oxygen atoms in total. The Bertz CT molecular complexity index is 1240. The topological polar surface area (TPSA) is 68.9 Å². The van der Waals surface area contributed by atoms with Crippen LogP contribution in [0.5, 0.6) is 17.2 Å². The van der Waals surface area contributed by atoms with Crippen LogP contribution < -0.4 is 15.1 Å². The molecule has 1 aromatic heterocycles. The van der Waals surface area contributed by atoms with Gasteiger partial charge in [-0.1, -0.05) is 48.5 Å². The number of aryl methyl sites for hydroxylation is 1. The number of rotatable bonds is 9. The highest BCUT2D eigenvalue weighted by atomic mass is 16.5. The predicted molar refractivity (Wildman–Crippen MR) is 125 cm³/mol. The number of methoxy groups -OCH3 is 1. The second-order valence-electron chi connectivity index (χ2n) is 7.67. The normalized spacial score (nSPS) is 10.9. The van der Waals surface area contributed by atoms with Crippen LogP contribution in [0.3, 0.4) is 0 Å². The summed E-state index contributed by atoms with van der Waals surface area (Å²) in [6.45, 7) is 0.410. The molecule has 0 spiro atoms. The van der Waals surface area contributed by atoms with E-state index in [-0.39, 0.29) is 5.75 Å². The summed E-state index contributed by atoms with van der Waals surface area (Å²) >= 11 is 0. The molecule has 0 aliphatic heterocycles. The van der Waals surface area contributed by atoms with Crippen LogP contribution in [-0.4, -0.2) is 12.2 Å². The molecular weight excluding hydrogens is 404 g/mol. The standard InChI is InChI=1S/C27H26O5/c1-30-24-14-8-6-12-20(24)11-5-7-13-23-26(28)22-16-15-21(17-25(22)32-27(23)29)31-18-19-9-3-2-4-10-19/h2-4,6,8-10,12,14-17,28H,5,7,11,13,18H2,1H3. The summed E-state index contributed by atoms with van der Waals surface area (Å²) in [4.78, 5) is 12.5. The SMILES string of the molecule is COc1ccccc1CCCCc1c(O)c2ccc(OCc3ccccc3)cc2oc1=O. The Morgan fingerprint density at radius 1 is 0.906 bits per heavy atom. The first-order chi connectivity index (χ1) is 15.7. The van der Waals surface area contributed by atoms with E-state index < -0.39 is 5.63 Å². The average Bonchev–Trinajstić information content (AvgIpc) is 2.83. The van der Waals surface area contributed by atoms with E-state index in [4.69, 9.17) is 13.9 Å². The van der Waals surface area contributed by atoms with Gasteiger partial charge < -0.3 is 19.0 Å². The van der Waals surface area contributed by atoms with Gasteiger partial charge >= 0.3 is 5.63 Å². The van der Waals surface area contributed by atoms with E-state index in [1.807, 2.05) is 54.6 Å². The number of para-hydroxylation sites is 1. The van der Waals surface area contributed by atoms with Crippen molar-refractivity contribution in [1.82, 2.24) is 0 Å². The first-order valence-electron chi connectivity index (χ1n) is 10.7. The Morgan fingerprint density at radius 2 is 1.66 bits per heavy atom. The van der Waals surface area contributed by atoms with Gasteiger partial charge in [-0.3, -0.25) is 0 Å². The molecule has 0 saturated heterocycles. The zero-order valence-corrected chi connectivity index (χ0v) is 18.0. The molecule has 5 heteroatoms. The molecule has 0 fully saturated rings. The molecule has 0 unspecified atom stereocenters. The molecule has 0 amide bonds. The molecule has 0 saturated carbocycles. The van der Waals surface area contributed by atoms with Gasteiger partial charge in [0, 0.05) is 6.07 Å². The fourth-order valence-corrected chi connectivity index (χ4v) is 3.78. The van der Waals surface area contributed by atoms with Crippen molar-refractivity contribution in [3.05, 3.63) is 99.9 Å². The smallest absolute Gasteiger partial charge is 0.343 e. The van der Waals surface area contributed by atoms with Crippen molar-refractivity contribution < 1.29 is 19.0 Å². The van der Waals surface area contributed by atoms with E-state index in [0.717, 1.165) is 36.1 Å². The molecule has 164 valence electrons. The van der Waals surface area contributed by atoms with Gasteiger partial charge in [0.2, 0.25) is 0 Å². The van der Waals surface area contributed by atoms with E-state index in [9.17, 15) is 9.90 Å². The number of aromatic hydroxyl groups is 1. The van der Waals surface area contributed by atoms with Crippen LogP contribution in [0.4, 0.5) is 0 Å². The lowest BCUT2D eigenvalue weighted by atomic mass is 10.0. The molecule has 32 heavy (non-hydrogen) atoms. The van der Waals surface area contributed by atoms with Crippen LogP contribution >= 0.6 is 0 Å². The number of ether oxygens (including phenoxy) is 2. The third kappa shape index (κ3) is 4.94. The first-order valence-corrected chi connectivity index (χ1v) is 10.7. The molecule has 4 aromatic rings. The molecule has 0 radical (unpaired) electrons. The lowest BCUT2D eigenvalue weighted by Gasteiger charge is -2.10. The van der Waals surface area contributed by atoms with Crippen LogP contribution in [-0.2, 0) is 19.4 Å². The largest absolute Gasteiger partial charge is 0.507 e. The number of fused-ring (bicyclic) bond motifs is 1. The molecule has 4 rings (SSSR count). The highest BCUT2D eigenvalue weighted by Crippen LogP contribution is 2.30. The summed E-state index contributed by atoms with van der Waals surface area (Å²) in [5, 5.41) is 11.2. The molecule has 0 aliphatic rings.